The molecule has 1 N–H and O–H groups in total. The van der Waals surface area contributed by atoms with E-state index in [0.717, 1.165) is 0 Å². The molecule has 0 saturated carbocycles. The second-order valence-corrected chi connectivity index (χ2v) is 8.58. The van der Waals surface area contributed by atoms with Crippen LogP contribution < -0.4 is 10.1 Å². The number of amides is 1. The van der Waals surface area contributed by atoms with E-state index in [1.807, 2.05) is 0 Å². The molecule has 1 aromatic rings. The van der Waals surface area contributed by atoms with Crippen LogP contribution in [0.4, 0.5) is 0 Å². The zero-order valence-electron chi connectivity index (χ0n) is 13.8. The number of hydrogen-bond donors (Lipinski definition) is 1. The van der Waals surface area contributed by atoms with Crippen LogP contribution in [0.25, 0.3) is 0 Å². The number of nitrogens with one attached hydrogen (secondary N) is 1. The summed E-state index contributed by atoms with van der Waals surface area (Å²) in [4.78, 5) is 16.4. The van der Waals surface area contributed by atoms with E-state index >= 15 is 0 Å². The molecule has 1 aromatic heterocycles. The molecule has 2 fully saturated rings. The summed E-state index contributed by atoms with van der Waals surface area (Å²) < 4.78 is 33.0. The Bertz CT molecular complexity index is 709. The molecule has 1 amide bonds. The van der Waals surface area contributed by atoms with E-state index in [-0.39, 0.29) is 18.4 Å². The van der Waals surface area contributed by atoms with Crippen molar-refractivity contribution < 1.29 is 17.9 Å². The van der Waals surface area contributed by atoms with Crippen LogP contribution in [-0.4, -0.2) is 68.3 Å². The predicted molar refractivity (Wildman–Crippen MR) is 87.5 cm³/mol. The molecular weight excluding hydrogens is 332 g/mol. The maximum absolute atomic E-state index is 12.4. The molecule has 0 bridgehead atoms. The van der Waals surface area contributed by atoms with Crippen LogP contribution in [0.2, 0.25) is 0 Å². The smallest absolute Gasteiger partial charge is 0.281 e. The van der Waals surface area contributed by atoms with Crippen molar-refractivity contribution in [3.63, 3.8) is 0 Å². The number of carbonyl (C=O) groups is 1. The van der Waals surface area contributed by atoms with Crippen LogP contribution in [0.15, 0.2) is 24.5 Å². The van der Waals surface area contributed by atoms with Crippen LogP contribution in [0, 0.1) is 11.3 Å². The molecule has 2 aliphatic rings. The van der Waals surface area contributed by atoms with Gasteiger partial charge in [0.15, 0.2) is 0 Å². The van der Waals surface area contributed by atoms with Crippen molar-refractivity contribution in [2.75, 3.05) is 40.3 Å². The van der Waals surface area contributed by atoms with Gasteiger partial charge in [-0.25, -0.2) is 0 Å². The van der Waals surface area contributed by atoms with Crippen molar-refractivity contribution in [3.8, 4) is 5.75 Å². The highest BCUT2D eigenvalue weighted by molar-refractivity contribution is 7.86. The van der Waals surface area contributed by atoms with E-state index in [2.05, 4.69) is 10.3 Å². The van der Waals surface area contributed by atoms with Crippen molar-refractivity contribution in [1.29, 1.82) is 0 Å². The number of rotatable bonds is 5. The average Bonchev–Trinajstić information content (AvgIpc) is 3.14. The zero-order valence-corrected chi connectivity index (χ0v) is 14.6. The molecule has 0 aromatic carbocycles. The minimum atomic E-state index is -3.52. The number of ether oxygens (including phenoxy) is 1. The average molecular weight is 354 g/mol. The molecule has 2 saturated heterocycles. The van der Waals surface area contributed by atoms with Crippen molar-refractivity contribution in [2.45, 2.75) is 6.42 Å². The van der Waals surface area contributed by atoms with Crippen molar-refractivity contribution in [2.24, 2.45) is 11.3 Å². The predicted octanol–water partition coefficient (Wildman–Crippen LogP) is -0.295. The molecule has 24 heavy (non-hydrogen) atoms. The normalized spacial score (nSPS) is 27.8. The Morgan fingerprint density at radius 1 is 1.50 bits per heavy atom. The van der Waals surface area contributed by atoms with E-state index < -0.39 is 15.6 Å². The first-order chi connectivity index (χ1) is 11.4. The molecule has 3 rings (SSSR count). The maximum Gasteiger partial charge on any atom is 0.281 e. The van der Waals surface area contributed by atoms with Gasteiger partial charge in [-0.05, 0) is 18.6 Å². The van der Waals surface area contributed by atoms with Gasteiger partial charge in [-0.2, -0.15) is 17.0 Å². The Morgan fingerprint density at radius 2 is 2.29 bits per heavy atom. The van der Waals surface area contributed by atoms with Crippen LogP contribution in [0.1, 0.15) is 6.42 Å². The summed E-state index contributed by atoms with van der Waals surface area (Å²) in [6.45, 7) is 1.38. The lowest BCUT2D eigenvalue weighted by Crippen LogP contribution is -2.44. The third kappa shape index (κ3) is 2.87. The molecule has 0 radical (unpaired) electrons. The van der Waals surface area contributed by atoms with E-state index in [9.17, 15) is 13.2 Å². The standard InChI is InChI=1S/C15H22N4O4S/c1-18(2)24(21,22)19-7-5-15(11-19)12(8-17-14(15)20)10-23-13-4-3-6-16-9-13/h3-4,6,9,12H,5,7-8,10-11H2,1-2H3,(H,17,20)/t12-,15-/m0/s1. The van der Waals surface area contributed by atoms with Gasteiger partial charge in [0.25, 0.3) is 10.2 Å². The lowest BCUT2D eigenvalue weighted by Gasteiger charge is -2.28. The lowest BCUT2D eigenvalue weighted by atomic mass is 9.77. The lowest BCUT2D eigenvalue weighted by molar-refractivity contribution is -0.128. The Morgan fingerprint density at radius 3 is 2.96 bits per heavy atom. The number of hydrogen-bond acceptors (Lipinski definition) is 5. The number of carbonyl (C=O) groups excluding carboxylic acids is 1. The number of pyridine rings is 1. The van der Waals surface area contributed by atoms with E-state index in [0.29, 0.717) is 31.9 Å². The SMILES string of the molecule is CN(C)S(=O)(=O)N1CC[C@@]2(C1)C(=O)NC[C@H]2COc1cccnc1. The van der Waals surface area contributed by atoms with Crippen LogP contribution in [0.3, 0.4) is 0 Å². The summed E-state index contributed by atoms with van der Waals surface area (Å²) >= 11 is 0. The molecule has 2 aliphatic heterocycles. The van der Waals surface area contributed by atoms with Gasteiger partial charge in [0.1, 0.15) is 5.75 Å². The van der Waals surface area contributed by atoms with Crippen LogP contribution in [-0.2, 0) is 15.0 Å². The topological polar surface area (TPSA) is 91.8 Å². The fourth-order valence-electron chi connectivity index (χ4n) is 3.36. The van der Waals surface area contributed by atoms with Gasteiger partial charge in [-0.3, -0.25) is 9.78 Å². The highest BCUT2D eigenvalue weighted by Crippen LogP contribution is 2.42. The summed E-state index contributed by atoms with van der Waals surface area (Å²) in [5.74, 6) is 0.481. The second-order valence-electron chi connectivity index (χ2n) is 6.44. The van der Waals surface area contributed by atoms with Gasteiger partial charge in [-0.15, -0.1) is 0 Å². The summed E-state index contributed by atoms with van der Waals surface area (Å²) in [7, 11) is -0.522. The second kappa shape index (κ2) is 6.30. The minimum absolute atomic E-state index is 0.0763. The highest BCUT2D eigenvalue weighted by Gasteiger charge is 2.56. The monoisotopic (exact) mass is 354 g/mol. The van der Waals surface area contributed by atoms with Crippen molar-refractivity contribution in [3.05, 3.63) is 24.5 Å². The summed E-state index contributed by atoms with van der Waals surface area (Å²) in [5, 5.41) is 2.87. The molecule has 0 unspecified atom stereocenters. The number of aromatic nitrogens is 1. The third-order valence-corrected chi connectivity index (χ3v) is 6.77. The largest absolute Gasteiger partial charge is 0.492 e. The zero-order chi connectivity index (χ0) is 17.4. The molecular formula is C15H22N4O4S. The molecule has 8 nitrogen and oxygen atoms in total. The number of nitrogens with zero attached hydrogens (tertiary/aromatic N) is 3. The fraction of sp³-hybridized carbons (Fsp3) is 0.600. The van der Waals surface area contributed by atoms with Crippen LogP contribution in [0.5, 0.6) is 5.75 Å². The van der Waals surface area contributed by atoms with Crippen molar-refractivity contribution in [1.82, 2.24) is 18.9 Å². The van der Waals surface area contributed by atoms with Crippen molar-refractivity contribution >= 4 is 16.1 Å². The van der Waals surface area contributed by atoms with Gasteiger partial charge in [-0.1, -0.05) is 0 Å². The van der Waals surface area contributed by atoms with E-state index in [4.69, 9.17) is 4.74 Å². The summed E-state index contributed by atoms with van der Waals surface area (Å²) in [6.07, 6.45) is 3.79. The summed E-state index contributed by atoms with van der Waals surface area (Å²) in [5.41, 5.74) is -0.717. The van der Waals surface area contributed by atoms with Gasteiger partial charge in [0, 0.05) is 45.8 Å². The molecule has 3 heterocycles. The molecule has 0 aliphatic carbocycles. The first kappa shape index (κ1) is 17.1. The summed E-state index contributed by atoms with van der Waals surface area (Å²) in [6, 6.07) is 3.59. The van der Waals surface area contributed by atoms with E-state index in [1.54, 1.807) is 24.5 Å². The fourth-order valence-corrected chi connectivity index (χ4v) is 4.54. The van der Waals surface area contributed by atoms with E-state index in [1.165, 1.54) is 22.7 Å². The minimum Gasteiger partial charge on any atom is -0.492 e. The van der Waals surface area contributed by atoms with Gasteiger partial charge < -0.3 is 10.1 Å². The maximum atomic E-state index is 12.4. The van der Waals surface area contributed by atoms with Gasteiger partial charge in [0.05, 0.1) is 18.2 Å². The molecule has 2 atom stereocenters. The molecule has 132 valence electrons. The van der Waals surface area contributed by atoms with Gasteiger partial charge in [0.2, 0.25) is 5.91 Å². The first-order valence-corrected chi connectivity index (χ1v) is 9.25. The highest BCUT2D eigenvalue weighted by atomic mass is 32.2. The Balaban J connectivity index is 1.74. The Labute approximate surface area is 142 Å². The molecule has 9 heteroatoms. The quantitative estimate of drug-likeness (QED) is 0.784. The van der Waals surface area contributed by atoms with Gasteiger partial charge >= 0.3 is 0 Å². The first-order valence-electron chi connectivity index (χ1n) is 7.85. The third-order valence-electron chi connectivity index (χ3n) is 4.88. The van der Waals surface area contributed by atoms with Crippen LogP contribution >= 0.6 is 0 Å². The molecule has 1 spiro atoms. The Kier molecular flexibility index (Phi) is 4.50. The Hall–Kier alpha value is -1.71.